The third kappa shape index (κ3) is 4.55. The van der Waals surface area contributed by atoms with E-state index in [0.29, 0.717) is 25.6 Å². The molecule has 2 heterocycles. The number of nitrogens with zero attached hydrogens (tertiary/aromatic N) is 2. The van der Waals surface area contributed by atoms with Crippen molar-refractivity contribution in [3.63, 3.8) is 0 Å². The predicted molar refractivity (Wildman–Crippen MR) is 92.5 cm³/mol. The molecule has 0 bridgehead atoms. The Balaban J connectivity index is 1.55. The second-order valence-corrected chi connectivity index (χ2v) is 6.13. The molecule has 1 atom stereocenters. The monoisotopic (exact) mass is 325 g/mol. The molecule has 5 nitrogen and oxygen atoms in total. The van der Waals surface area contributed by atoms with Crippen LogP contribution in [-0.4, -0.2) is 34.9 Å². The van der Waals surface area contributed by atoms with Crippen LogP contribution in [0.1, 0.15) is 24.6 Å². The predicted octanol–water partition coefficient (Wildman–Crippen LogP) is 2.37. The van der Waals surface area contributed by atoms with Crippen LogP contribution in [0.2, 0.25) is 0 Å². The van der Waals surface area contributed by atoms with Crippen molar-refractivity contribution in [3.05, 3.63) is 59.9 Å². The number of pyridine rings is 1. The second kappa shape index (κ2) is 7.93. The molecule has 1 saturated heterocycles. The van der Waals surface area contributed by atoms with E-state index in [4.69, 9.17) is 4.74 Å². The van der Waals surface area contributed by atoms with Gasteiger partial charge in [-0.05, 0) is 36.8 Å². The molecule has 5 heteroatoms. The Kier molecular flexibility index (Phi) is 5.43. The number of ether oxygens (including phenoxy) is 1. The summed E-state index contributed by atoms with van der Waals surface area (Å²) >= 11 is 0. The standard InChI is InChI=1S/C19H23N3O2/c1-15-12-21-19(23)9-11-22(15)13-16-5-7-18(8-6-16)24-14-17-4-2-3-10-20-17/h2-8,10,15H,9,11-14H2,1H3,(H,21,23). The third-order valence-corrected chi connectivity index (χ3v) is 4.27. The normalized spacial score (nSPS) is 18.7. The van der Waals surface area contributed by atoms with Crippen LogP contribution in [0.5, 0.6) is 5.75 Å². The number of amides is 1. The summed E-state index contributed by atoms with van der Waals surface area (Å²) in [5, 5.41) is 2.94. The van der Waals surface area contributed by atoms with Crippen LogP contribution >= 0.6 is 0 Å². The first kappa shape index (κ1) is 16.5. The summed E-state index contributed by atoms with van der Waals surface area (Å²) in [5.74, 6) is 0.979. The molecule has 0 spiro atoms. The summed E-state index contributed by atoms with van der Waals surface area (Å²) in [4.78, 5) is 18.1. The molecule has 1 amide bonds. The van der Waals surface area contributed by atoms with Crippen LogP contribution in [0.15, 0.2) is 48.7 Å². The number of hydrogen-bond donors (Lipinski definition) is 1. The highest BCUT2D eigenvalue weighted by atomic mass is 16.5. The highest BCUT2D eigenvalue weighted by Crippen LogP contribution is 2.16. The molecule has 1 aromatic heterocycles. The number of carbonyl (C=O) groups excluding carboxylic acids is 1. The number of benzene rings is 1. The molecular formula is C19H23N3O2. The Bertz CT molecular complexity index is 658. The van der Waals surface area contributed by atoms with Gasteiger partial charge in [-0.2, -0.15) is 0 Å². The number of rotatable bonds is 5. The van der Waals surface area contributed by atoms with Crippen molar-refractivity contribution >= 4 is 5.91 Å². The molecule has 0 aliphatic carbocycles. The van der Waals surface area contributed by atoms with Crippen LogP contribution < -0.4 is 10.1 Å². The second-order valence-electron chi connectivity index (χ2n) is 6.13. The van der Waals surface area contributed by atoms with Gasteiger partial charge in [-0.15, -0.1) is 0 Å². The molecule has 1 unspecified atom stereocenters. The van der Waals surface area contributed by atoms with E-state index in [1.165, 1.54) is 5.56 Å². The molecule has 1 N–H and O–H groups in total. The zero-order valence-electron chi connectivity index (χ0n) is 13.9. The van der Waals surface area contributed by atoms with Crippen molar-refractivity contribution < 1.29 is 9.53 Å². The molecule has 1 aliphatic rings. The van der Waals surface area contributed by atoms with Gasteiger partial charge >= 0.3 is 0 Å². The molecule has 1 fully saturated rings. The number of carbonyl (C=O) groups is 1. The van der Waals surface area contributed by atoms with Crippen molar-refractivity contribution in [1.29, 1.82) is 0 Å². The van der Waals surface area contributed by atoms with Gasteiger partial charge in [0.05, 0.1) is 5.69 Å². The van der Waals surface area contributed by atoms with Crippen molar-refractivity contribution in [2.45, 2.75) is 32.5 Å². The maximum Gasteiger partial charge on any atom is 0.221 e. The molecular weight excluding hydrogens is 302 g/mol. The van der Waals surface area contributed by atoms with E-state index < -0.39 is 0 Å². The molecule has 1 aliphatic heterocycles. The van der Waals surface area contributed by atoms with Gasteiger partial charge in [-0.25, -0.2) is 0 Å². The summed E-state index contributed by atoms with van der Waals surface area (Å²) in [7, 11) is 0. The van der Waals surface area contributed by atoms with Gasteiger partial charge < -0.3 is 10.1 Å². The third-order valence-electron chi connectivity index (χ3n) is 4.27. The highest BCUT2D eigenvalue weighted by Gasteiger charge is 2.19. The van der Waals surface area contributed by atoms with Crippen LogP contribution in [0, 0.1) is 0 Å². The summed E-state index contributed by atoms with van der Waals surface area (Å²) in [5.41, 5.74) is 2.14. The highest BCUT2D eigenvalue weighted by molar-refractivity contribution is 5.76. The fourth-order valence-corrected chi connectivity index (χ4v) is 2.75. The van der Waals surface area contributed by atoms with E-state index in [-0.39, 0.29) is 5.91 Å². The molecule has 24 heavy (non-hydrogen) atoms. The lowest BCUT2D eigenvalue weighted by Gasteiger charge is -2.26. The van der Waals surface area contributed by atoms with Gasteiger partial charge in [-0.1, -0.05) is 18.2 Å². The maximum absolute atomic E-state index is 11.5. The Labute approximate surface area is 142 Å². The molecule has 0 radical (unpaired) electrons. The first-order chi connectivity index (χ1) is 11.7. The molecule has 0 saturated carbocycles. The average molecular weight is 325 g/mol. The molecule has 126 valence electrons. The van der Waals surface area contributed by atoms with Crippen molar-refractivity contribution in [2.75, 3.05) is 13.1 Å². The van der Waals surface area contributed by atoms with Gasteiger partial charge in [-0.3, -0.25) is 14.7 Å². The Morgan fingerprint density at radius 2 is 2.08 bits per heavy atom. The van der Waals surface area contributed by atoms with Crippen LogP contribution in [0.3, 0.4) is 0 Å². The van der Waals surface area contributed by atoms with Gasteiger partial charge in [0.25, 0.3) is 0 Å². The summed E-state index contributed by atoms with van der Waals surface area (Å²) in [6.45, 7) is 4.97. The van der Waals surface area contributed by atoms with Crippen LogP contribution in [0.4, 0.5) is 0 Å². The average Bonchev–Trinajstić information content (AvgIpc) is 2.78. The SMILES string of the molecule is CC1CNC(=O)CCN1Cc1ccc(OCc2ccccn2)cc1. The van der Waals surface area contributed by atoms with E-state index in [1.807, 2.05) is 30.3 Å². The minimum atomic E-state index is 0.141. The zero-order chi connectivity index (χ0) is 16.8. The van der Waals surface area contributed by atoms with Gasteiger partial charge in [0.1, 0.15) is 12.4 Å². The largest absolute Gasteiger partial charge is 0.487 e. The van der Waals surface area contributed by atoms with Gasteiger partial charge in [0.15, 0.2) is 0 Å². The number of aromatic nitrogens is 1. The van der Waals surface area contributed by atoms with Crippen molar-refractivity contribution in [3.8, 4) is 5.75 Å². The quantitative estimate of drug-likeness (QED) is 0.917. The Morgan fingerprint density at radius 1 is 1.25 bits per heavy atom. The fourth-order valence-electron chi connectivity index (χ4n) is 2.75. The van der Waals surface area contributed by atoms with Crippen molar-refractivity contribution in [1.82, 2.24) is 15.2 Å². The first-order valence-electron chi connectivity index (χ1n) is 8.33. The van der Waals surface area contributed by atoms with Crippen molar-refractivity contribution in [2.24, 2.45) is 0 Å². The first-order valence-corrected chi connectivity index (χ1v) is 8.33. The zero-order valence-corrected chi connectivity index (χ0v) is 13.9. The maximum atomic E-state index is 11.5. The van der Waals surface area contributed by atoms with E-state index in [9.17, 15) is 4.79 Å². The molecule has 1 aromatic carbocycles. The fraction of sp³-hybridized carbons (Fsp3) is 0.368. The lowest BCUT2D eigenvalue weighted by atomic mass is 10.1. The van der Waals surface area contributed by atoms with E-state index in [0.717, 1.165) is 24.5 Å². The van der Waals surface area contributed by atoms with Gasteiger partial charge in [0, 0.05) is 38.3 Å². The lowest BCUT2D eigenvalue weighted by molar-refractivity contribution is -0.120. The van der Waals surface area contributed by atoms with E-state index in [1.54, 1.807) is 6.20 Å². The Hall–Kier alpha value is -2.40. The minimum absolute atomic E-state index is 0.141. The molecule has 3 rings (SSSR count). The van der Waals surface area contributed by atoms with E-state index in [2.05, 4.69) is 34.3 Å². The Morgan fingerprint density at radius 3 is 2.83 bits per heavy atom. The number of nitrogens with one attached hydrogen (secondary N) is 1. The molecule has 2 aromatic rings. The minimum Gasteiger partial charge on any atom is -0.487 e. The smallest absolute Gasteiger partial charge is 0.221 e. The van der Waals surface area contributed by atoms with E-state index >= 15 is 0 Å². The summed E-state index contributed by atoms with van der Waals surface area (Å²) < 4.78 is 5.76. The lowest BCUT2D eigenvalue weighted by Crippen LogP contribution is -2.37. The van der Waals surface area contributed by atoms with Gasteiger partial charge in [0.2, 0.25) is 5.91 Å². The summed E-state index contributed by atoms with van der Waals surface area (Å²) in [6, 6.07) is 14.3. The number of hydrogen-bond acceptors (Lipinski definition) is 4. The van der Waals surface area contributed by atoms with Crippen LogP contribution in [0.25, 0.3) is 0 Å². The topological polar surface area (TPSA) is 54.5 Å². The van der Waals surface area contributed by atoms with Crippen LogP contribution in [-0.2, 0) is 17.9 Å². The summed E-state index contributed by atoms with van der Waals surface area (Å²) in [6.07, 6.45) is 2.33.